The zero-order valence-electron chi connectivity index (χ0n) is 17.9. The van der Waals surface area contributed by atoms with E-state index in [1.165, 1.54) is 17.5 Å². The molecular weight excluding hydrogens is 352 g/mol. The molecule has 1 aliphatic rings. The highest BCUT2D eigenvalue weighted by Gasteiger charge is 2.20. The predicted octanol–water partition coefficient (Wildman–Crippen LogP) is 2.75. The molecule has 1 aliphatic heterocycles. The van der Waals surface area contributed by atoms with Gasteiger partial charge in [-0.1, -0.05) is 24.6 Å². The summed E-state index contributed by atoms with van der Waals surface area (Å²) in [5.74, 6) is 2.50. The molecule has 1 atom stereocenters. The lowest BCUT2D eigenvalue weighted by Crippen LogP contribution is -2.40. The van der Waals surface area contributed by atoms with Crippen LogP contribution < -0.4 is 15.4 Å². The van der Waals surface area contributed by atoms with E-state index < -0.39 is 0 Å². The Morgan fingerprint density at radius 2 is 2.18 bits per heavy atom. The van der Waals surface area contributed by atoms with Gasteiger partial charge in [-0.3, -0.25) is 9.79 Å². The second-order valence-electron chi connectivity index (χ2n) is 7.59. The van der Waals surface area contributed by atoms with Gasteiger partial charge in [-0.05, 0) is 50.7 Å². The van der Waals surface area contributed by atoms with Gasteiger partial charge in [0.2, 0.25) is 5.91 Å². The fourth-order valence-electron chi connectivity index (χ4n) is 3.60. The molecule has 0 saturated carbocycles. The van der Waals surface area contributed by atoms with E-state index in [1.54, 1.807) is 7.11 Å². The van der Waals surface area contributed by atoms with Gasteiger partial charge in [0.05, 0.1) is 13.7 Å². The lowest BCUT2D eigenvalue weighted by atomic mass is 10.00. The number of carbonyl (C=O) groups is 1. The summed E-state index contributed by atoms with van der Waals surface area (Å²) in [6.07, 6.45) is 3.65. The number of hydrogen-bond acceptors (Lipinski definition) is 3. The molecule has 0 spiro atoms. The average Bonchev–Trinajstić information content (AvgIpc) is 2.68. The molecule has 1 saturated heterocycles. The van der Waals surface area contributed by atoms with Crippen molar-refractivity contribution in [2.75, 3.05) is 39.8 Å². The van der Waals surface area contributed by atoms with Crippen molar-refractivity contribution in [3.8, 4) is 5.75 Å². The fourth-order valence-corrected chi connectivity index (χ4v) is 3.60. The molecule has 1 aromatic rings. The molecule has 2 N–H and O–H groups in total. The molecule has 0 aliphatic carbocycles. The van der Waals surface area contributed by atoms with Gasteiger partial charge in [-0.15, -0.1) is 0 Å². The quantitative estimate of drug-likeness (QED) is 0.531. The second-order valence-corrected chi connectivity index (χ2v) is 7.59. The van der Waals surface area contributed by atoms with E-state index in [0.29, 0.717) is 18.9 Å². The number of rotatable bonds is 8. The van der Waals surface area contributed by atoms with Crippen molar-refractivity contribution in [1.29, 1.82) is 0 Å². The van der Waals surface area contributed by atoms with E-state index in [1.807, 2.05) is 17.9 Å². The van der Waals surface area contributed by atoms with E-state index in [0.717, 1.165) is 50.7 Å². The van der Waals surface area contributed by atoms with Crippen molar-refractivity contribution in [3.63, 3.8) is 0 Å². The summed E-state index contributed by atoms with van der Waals surface area (Å²) in [6, 6.07) is 6.22. The van der Waals surface area contributed by atoms with Crippen molar-refractivity contribution < 1.29 is 9.53 Å². The highest BCUT2D eigenvalue weighted by atomic mass is 16.5. The first-order valence-corrected chi connectivity index (χ1v) is 10.5. The van der Waals surface area contributed by atoms with Crippen LogP contribution in [0.3, 0.4) is 0 Å². The topological polar surface area (TPSA) is 66.0 Å². The number of ether oxygens (including phenoxy) is 1. The summed E-state index contributed by atoms with van der Waals surface area (Å²) in [4.78, 5) is 19.0. The Hall–Kier alpha value is -2.24. The van der Waals surface area contributed by atoms with E-state index in [-0.39, 0.29) is 5.91 Å². The van der Waals surface area contributed by atoms with Crippen molar-refractivity contribution in [2.24, 2.45) is 10.9 Å². The van der Waals surface area contributed by atoms with E-state index in [4.69, 9.17) is 4.74 Å². The maximum absolute atomic E-state index is 12.4. The first kappa shape index (κ1) is 22.1. The zero-order chi connectivity index (χ0) is 20.4. The lowest BCUT2D eigenvalue weighted by Gasteiger charge is -2.30. The van der Waals surface area contributed by atoms with Gasteiger partial charge in [-0.25, -0.2) is 0 Å². The van der Waals surface area contributed by atoms with Crippen LogP contribution in [0.5, 0.6) is 5.75 Å². The number of guanidine groups is 1. The maximum Gasteiger partial charge on any atom is 0.224 e. The number of likely N-dealkylation sites (tertiary alicyclic amines) is 1. The molecule has 6 heteroatoms. The van der Waals surface area contributed by atoms with Crippen molar-refractivity contribution in [1.82, 2.24) is 15.5 Å². The number of methoxy groups -OCH3 is 1. The Morgan fingerprint density at radius 3 is 2.89 bits per heavy atom. The third-order valence-corrected chi connectivity index (χ3v) is 5.07. The molecule has 2 rings (SSSR count). The smallest absolute Gasteiger partial charge is 0.224 e. The van der Waals surface area contributed by atoms with E-state index in [2.05, 4.69) is 41.6 Å². The summed E-state index contributed by atoms with van der Waals surface area (Å²) in [5, 5.41) is 6.61. The summed E-state index contributed by atoms with van der Waals surface area (Å²) in [5.41, 5.74) is 2.40. The summed E-state index contributed by atoms with van der Waals surface area (Å²) in [6.45, 7) is 10.2. The third-order valence-electron chi connectivity index (χ3n) is 5.07. The highest BCUT2D eigenvalue weighted by molar-refractivity contribution is 5.81. The number of benzene rings is 1. The minimum atomic E-state index is 0.218. The first-order valence-electron chi connectivity index (χ1n) is 10.5. The van der Waals surface area contributed by atoms with Gasteiger partial charge in [0, 0.05) is 32.6 Å². The SMILES string of the molecule is CCNC(=NCCC(=O)N1CCCC(C)C1)NCCc1cc(C)ccc1OC. The van der Waals surface area contributed by atoms with Gasteiger partial charge >= 0.3 is 0 Å². The van der Waals surface area contributed by atoms with Crippen LogP contribution in [0.2, 0.25) is 0 Å². The normalized spacial score (nSPS) is 17.4. The number of aliphatic imine (C=N–C) groups is 1. The lowest BCUT2D eigenvalue weighted by molar-refractivity contribution is -0.132. The zero-order valence-corrected chi connectivity index (χ0v) is 17.9. The molecule has 6 nitrogen and oxygen atoms in total. The van der Waals surface area contributed by atoms with Gasteiger partial charge in [0.25, 0.3) is 0 Å². The molecule has 0 bridgehead atoms. The molecular formula is C22H36N4O2. The van der Waals surface area contributed by atoms with Crippen molar-refractivity contribution in [3.05, 3.63) is 29.3 Å². The second kappa shape index (κ2) is 11.6. The molecule has 1 aromatic carbocycles. The molecule has 28 heavy (non-hydrogen) atoms. The van der Waals surface area contributed by atoms with Crippen LogP contribution in [0.15, 0.2) is 23.2 Å². The largest absolute Gasteiger partial charge is 0.496 e. The van der Waals surface area contributed by atoms with Crippen LogP contribution in [-0.4, -0.2) is 56.6 Å². The Labute approximate surface area is 169 Å². The minimum absolute atomic E-state index is 0.218. The Kier molecular flexibility index (Phi) is 9.11. The van der Waals surface area contributed by atoms with E-state index in [9.17, 15) is 4.79 Å². The van der Waals surface area contributed by atoms with Crippen molar-refractivity contribution >= 4 is 11.9 Å². The molecule has 156 valence electrons. The highest BCUT2D eigenvalue weighted by Crippen LogP contribution is 2.19. The maximum atomic E-state index is 12.4. The van der Waals surface area contributed by atoms with Gasteiger partial charge in [0.15, 0.2) is 5.96 Å². The standard InChI is InChI=1S/C22H36N4O2/c1-5-23-22(24-12-10-19-15-17(2)8-9-20(19)28-4)25-13-11-21(27)26-14-6-7-18(3)16-26/h8-9,15,18H,5-7,10-14,16H2,1-4H3,(H2,23,24,25). The number of hydrogen-bond donors (Lipinski definition) is 2. The Morgan fingerprint density at radius 1 is 1.36 bits per heavy atom. The third kappa shape index (κ3) is 7.06. The molecule has 1 unspecified atom stereocenters. The Balaban J connectivity index is 1.81. The van der Waals surface area contributed by atoms with Crippen LogP contribution in [0.1, 0.15) is 44.2 Å². The number of nitrogens with one attached hydrogen (secondary N) is 2. The molecule has 1 heterocycles. The molecule has 0 radical (unpaired) electrons. The van der Waals surface area contributed by atoms with Crippen LogP contribution in [-0.2, 0) is 11.2 Å². The van der Waals surface area contributed by atoms with Crippen LogP contribution in [0, 0.1) is 12.8 Å². The number of piperidine rings is 1. The van der Waals surface area contributed by atoms with Crippen LogP contribution in [0.4, 0.5) is 0 Å². The monoisotopic (exact) mass is 388 g/mol. The van der Waals surface area contributed by atoms with Crippen LogP contribution >= 0.6 is 0 Å². The number of aryl methyl sites for hydroxylation is 1. The Bertz CT molecular complexity index is 660. The summed E-state index contributed by atoms with van der Waals surface area (Å²) >= 11 is 0. The molecule has 1 fully saturated rings. The molecule has 0 aromatic heterocycles. The average molecular weight is 389 g/mol. The predicted molar refractivity (Wildman–Crippen MR) is 115 cm³/mol. The summed E-state index contributed by atoms with van der Waals surface area (Å²) in [7, 11) is 1.70. The van der Waals surface area contributed by atoms with Crippen LogP contribution in [0.25, 0.3) is 0 Å². The molecule has 1 amide bonds. The fraction of sp³-hybridized carbons (Fsp3) is 0.636. The van der Waals surface area contributed by atoms with Gasteiger partial charge in [-0.2, -0.15) is 0 Å². The number of nitrogens with zero attached hydrogens (tertiary/aromatic N) is 2. The first-order chi connectivity index (χ1) is 13.5. The van der Waals surface area contributed by atoms with Crippen molar-refractivity contribution in [2.45, 2.75) is 46.5 Å². The number of amides is 1. The summed E-state index contributed by atoms with van der Waals surface area (Å²) < 4.78 is 5.45. The van der Waals surface area contributed by atoms with Gasteiger partial charge in [0.1, 0.15) is 5.75 Å². The van der Waals surface area contributed by atoms with E-state index >= 15 is 0 Å². The van der Waals surface area contributed by atoms with Gasteiger partial charge < -0.3 is 20.3 Å². The minimum Gasteiger partial charge on any atom is -0.496 e. The number of carbonyl (C=O) groups excluding carboxylic acids is 1.